The molecule has 1 aliphatic rings. The quantitative estimate of drug-likeness (QED) is 0.357. The number of nitrogens with one attached hydrogen (secondary N) is 1. The van der Waals surface area contributed by atoms with Crippen LogP contribution in [0.5, 0.6) is 0 Å². The molecule has 1 fully saturated rings. The highest BCUT2D eigenvalue weighted by Crippen LogP contribution is 2.27. The molecule has 116 valence electrons. The van der Waals surface area contributed by atoms with E-state index in [0.29, 0.717) is 17.1 Å². The minimum atomic E-state index is -3.16. The highest BCUT2D eigenvalue weighted by molar-refractivity contribution is 7.99. The molecule has 0 saturated carbocycles. The Bertz CT molecular complexity index is 601. The second kappa shape index (κ2) is 6.78. The average Bonchev–Trinajstić information content (AvgIpc) is 2.92. The molecule has 1 aliphatic heterocycles. The van der Waals surface area contributed by atoms with Crippen molar-refractivity contribution in [3.63, 3.8) is 0 Å². The topological polar surface area (TPSA) is 98.5 Å². The summed E-state index contributed by atoms with van der Waals surface area (Å²) in [4.78, 5) is 12.6. The second-order valence-electron chi connectivity index (χ2n) is 4.89. The van der Waals surface area contributed by atoms with Crippen molar-refractivity contribution in [2.24, 2.45) is 5.84 Å². The summed E-state index contributed by atoms with van der Waals surface area (Å²) in [5.41, 5.74) is 2.09. The number of hydrogen-bond donors (Lipinski definition) is 2. The maximum Gasteiger partial charge on any atom is 0.263 e. The van der Waals surface area contributed by atoms with Gasteiger partial charge in [0.1, 0.15) is 6.10 Å². The van der Waals surface area contributed by atoms with E-state index in [2.05, 4.69) is 5.43 Å². The molecule has 1 saturated heterocycles. The molecule has 2 rings (SSSR count). The minimum absolute atomic E-state index is 0.00637. The zero-order valence-electron chi connectivity index (χ0n) is 11.6. The maximum atomic E-state index is 11.4. The summed E-state index contributed by atoms with van der Waals surface area (Å²) in [5, 5.41) is 0. The lowest BCUT2D eigenvalue weighted by atomic mass is 10.2. The van der Waals surface area contributed by atoms with Gasteiger partial charge in [-0.15, -0.1) is 11.8 Å². The van der Waals surface area contributed by atoms with Gasteiger partial charge < -0.3 is 4.74 Å². The molecule has 0 spiro atoms. The molecule has 8 heteroatoms. The van der Waals surface area contributed by atoms with Crippen LogP contribution in [0.4, 0.5) is 0 Å². The number of carbonyl (C=O) groups excluding carboxylic acids is 1. The lowest BCUT2D eigenvalue weighted by Gasteiger charge is -2.12. The summed E-state index contributed by atoms with van der Waals surface area (Å²) >= 11 is 1.58. The first kappa shape index (κ1) is 16.3. The number of rotatable bonds is 5. The van der Waals surface area contributed by atoms with Crippen molar-refractivity contribution in [3.8, 4) is 0 Å². The molecule has 0 bridgehead atoms. The summed E-state index contributed by atoms with van der Waals surface area (Å²) in [6.45, 7) is 0. The van der Waals surface area contributed by atoms with Crippen LogP contribution >= 0.6 is 11.8 Å². The number of thioether (sulfide) groups is 1. The third-order valence-electron chi connectivity index (χ3n) is 3.23. The Kier molecular flexibility index (Phi) is 5.26. The normalized spacial score (nSPS) is 22.2. The molecule has 0 aliphatic carbocycles. The van der Waals surface area contributed by atoms with Crippen LogP contribution in [-0.2, 0) is 19.4 Å². The number of hydrazine groups is 1. The number of sulfone groups is 1. The van der Waals surface area contributed by atoms with E-state index in [9.17, 15) is 13.2 Å². The van der Waals surface area contributed by atoms with Gasteiger partial charge in [-0.05, 0) is 37.1 Å². The molecular formula is C13H18N2O4S2. The molecule has 3 N–H and O–H groups in total. The Morgan fingerprint density at radius 3 is 2.62 bits per heavy atom. The van der Waals surface area contributed by atoms with Gasteiger partial charge >= 0.3 is 0 Å². The van der Waals surface area contributed by atoms with Crippen LogP contribution in [0.25, 0.3) is 0 Å². The third-order valence-corrected chi connectivity index (χ3v) is 5.50. The van der Waals surface area contributed by atoms with Crippen molar-refractivity contribution in [2.75, 3.05) is 12.0 Å². The van der Waals surface area contributed by atoms with Gasteiger partial charge in [-0.2, -0.15) is 0 Å². The summed E-state index contributed by atoms with van der Waals surface area (Å²) in [6, 6.07) is 6.75. The van der Waals surface area contributed by atoms with Crippen molar-refractivity contribution < 1.29 is 17.9 Å². The Morgan fingerprint density at radius 2 is 2.05 bits per heavy atom. The number of amides is 1. The number of carbonyl (C=O) groups is 1. The van der Waals surface area contributed by atoms with Crippen molar-refractivity contribution in [1.82, 2.24) is 5.43 Å². The van der Waals surface area contributed by atoms with E-state index >= 15 is 0 Å². The predicted molar refractivity (Wildman–Crippen MR) is 80.5 cm³/mol. The van der Waals surface area contributed by atoms with Gasteiger partial charge in [0.2, 0.25) is 0 Å². The average molecular weight is 330 g/mol. The summed E-state index contributed by atoms with van der Waals surface area (Å²) in [6.07, 6.45) is 2.21. The molecular weight excluding hydrogens is 312 g/mol. The fourth-order valence-corrected chi connectivity index (χ4v) is 3.67. The second-order valence-corrected chi connectivity index (χ2v) is 8.00. The largest absolute Gasteiger partial charge is 0.364 e. The Labute approximate surface area is 128 Å². The van der Waals surface area contributed by atoms with Gasteiger partial charge in [-0.25, -0.2) is 14.3 Å². The molecule has 0 aromatic heterocycles. The summed E-state index contributed by atoms with van der Waals surface area (Å²) < 4.78 is 28.3. The van der Waals surface area contributed by atoms with E-state index in [0.717, 1.165) is 11.3 Å². The summed E-state index contributed by atoms with van der Waals surface area (Å²) in [5.74, 6) is 5.50. The van der Waals surface area contributed by atoms with Crippen LogP contribution in [0.15, 0.2) is 34.1 Å². The van der Waals surface area contributed by atoms with Gasteiger partial charge in [-0.3, -0.25) is 10.2 Å². The maximum absolute atomic E-state index is 11.4. The zero-order valence-corrected chi connectivity index (χ0v) is 13.2. The van der Waals surface area contributed by atoms with Gasteiger partial charge in [0.05, 0.1) is 11.0 Å². The Balaban J connectivity index is 1.86. The van der Waals surface area contributed by atoms with Crippen molar-refractivity contribution in [1.29, 1.82) is 0 Å². The smallest absolute Gasteiger partial charge is 0.263 e. The van der Waals surface area contributed by atoms with Gasteiger partial charge in [0.15, 0.2) is 9.84 Å². The molecule has 2 atom stereocenters. The lowest BCUT2D eigenvalue weighted by Crippen LogP contribution is -2.39. The van der Waals surface area contributed by atoms with Crippen LogP contribution in [0.2, 0.25) is 0 Å². The highest BCUT2D eigenvalue weighted by Gasteiger charge is 2.30. The zero-order chi connectivity index (χ0) is 15.5. The fraction of sp³-hybridized carbons (Fsp3) is 0.462. The van der Waals surface area contributed by atoms with Crippen LogP contribution in [0.1, 0.15) is 12.8 Å². The first-order valence-corrected chi connectivity index (χ1v) is 9.36. The molecule has 0 radical (unpaired) electrons. The van der Waals surface area contributed by atoms with Gasteiger partial charge in [0, 0.05) is 16.9 Å². The van der Waals surface area contributed by atoms with E-state index in [-0.39, 0.29) is 12.0 Å². The third kappa shape index (κ3) is 4.44. The SMILES string of the molecule is CS(=O)(=O)c1ccc(SCC2CCC(C(=O)NN)O2)cc1. The molecule has 6 nitrogen and oxygen atoms in total. The molecule has 1 aromatic rings. The van der Waals surface area contributed by atoms with E-state index in [1.54, 1.807) is 36.0 Å². The molecule has 1 amide bonds. The summed E-state index contributed by atoms with van der Waals surface area (Å²) in [7, 11) is -3.16. The minimum Gasteiger partial charge on any atom is -0.364 e. The van der Waals surface area contributed by atoms with Crippen LogP contribution < -0.4 is 11.3 Å². The van der Waals surface area contributed by atoms with E-state index in [4.69, 9.17) is 10.6 Å². The fourth-order valence-electron chi connectivity index (χ4n) is 2.09. The van der Waals surface area contributed by atoms with Gasteiger partial charge in [-0.1, -0.05) is 0 Å². The number of ether oxygens (including phenoxy) is 1. The highest BCUT2D eigenvalue weighted by atomic mass is 32.2. The lowest BCUT2D eigenvalue weighted by molar-refractivity contribution is -0.131. The molecule has 21 heavy (non-hydrogen) atoms. The van der Waals surface area contributed by atoms with Crippen LogP contribution in [0.3, 0.4) is 0 Å². The Morgan fingerprint density at radius 1 is 1.38 bits per heavy atom. The van der Waals surface area contributed by atoms with Crippen LogP contribution in [0, 0.1) is 0 Å². The van der Waals surface area contributed by atoms with Crippen molar-refractivity contribution in [3.05, 3.63) is 24.3 Å². The molecule has 1 heterocycles. The van der Waals surface area contributed by atoms with E-state index in [1.165, 1.54) is 6.26 Å². The molecule has 2 unspecified atom stereocenters. The standard InChI is InChI=1S/C13H18N2O4S2/c1-21(17,18)11-5-3-10(4-6-11)20-8-9-2-7-12(19-9)13(16)15-14/h3-6,9,12H,2,7-8,14H2,1H3,(H,15,16). The van der Waals surface area contributed by atoms with E-state index < -0.39 is 15.9 Å². The first-order valence-electron chi connectivity index (χ1n) is 6.49. The predicted octanol–water partition coefficient (Wildman–Crippen LogP) is 0.720. The van der Waals surface area contributed by atoms with Crippen molar-refractivity contribution in [2.45, 2.75) is 34.8 Å². The van der Waals surface area contributed by atoms with Crippen molar-refractivity contribution >= 4 is 27.5 Å². The number of nitrogens with two attached hydrogens (primary N) is 1. The number of hydrogen-bond acceptors (Lipinski definition) is 6. The number of benzene rings is 1. The van der Waals surface area contributed by atoms with E-state index in [1.807, 2.05) is 0 Å². The Hall–Kier alpha value is -1.09. The monoisotopic (exact) mass is 330 g/mol. The van der Waals surface area contributed by atoms with Crippen LogP contribution in [-0.4, -0.2) is 38.5 Å². The first-order chi connectivity index (χ1) is 9.90. The van der Waals surface area contributed by atoms with Gasteiger partial charge in [0.25, 0.3) is 5.91 Å². The molecule has 1 aromatic carbocycles.